The molecular weight excluding hydrogens is 258 g/mol. The number of carboxylic acid groups (broad SMARTS) is 1. The van der Waals surface area contributed by atoms with Gasteiger partial charge >= 0.3 is 5.97 Å². The molecule has 0 radical (unpaired) electrons. The van der Waals surface area contributed by atoms with Crippen LogP contribution in [-0.4, -0.2) is 47.1 Å². The minimum atomic E-state index is -3.63. The Hall–Kier alpha value is -1.41. The Morgan fingerprint density at radius 1 is 1.67 bits per heavy atom. The van der Waals surface area contributed by atoms with Crippen molar-refractivity contribution in [2.24, 2.45) is 5.41 Å². The molecule has 1 atom stereocenters. The molecule has 0 aliphatic carbocycles. The van der Waals surface area contributed by atoms with E-state index >= 15 is 0 Å². The second-order valence-corrected chi connectivity index (χ2v) is 6.40. The number of aromatic nitrogens is 2. The molecule has 1 aromatic heterocycles. The van der Waals surface area contributed by atoms with E-state index in [1.165, 1.54) is 16.7 Å². The van der Waals surface area contributed by atoms with Crippen molar-refractivity contribution in [3.05, 3.63) is 12.4 Å². The normalized spacial score (nSPS) is 25.4. The molecule has 8 heteroatoms. The second-order valence-electron chi connectivity index (χ2n) is 4.46. The van der Waals surface area contributed by atoms with E-state index in [0.29, 0.717) is 12.8 Å². The van der Waals surface area contributed by atoms with E-state index in [2.05, 4.69) is 10.2 Å². The third-order valence-electron chi connectivity index (χ3n) is 3.56. The van der Waals surface area contributed by atoms with E-state index in [0.717, 1.165) is 0 Å². The minimum Gasteiger partial charge on any atom is -0.481 e. The van der Waals surface area contributed by atoms with Crippen LogP contribution in [0.1, 0.15) is 19.8 Å². The first-order valence-corrected chi connectivity index (χ1v) is 7.09. The van der Waals surface area contributed by atoms with Gasteiger partial charge in [0.15, 0.2) is 0 Å². The lowest BCUT2D eigenvalue weighted by Gasteiger charge is -2.22. The highest BCUT2D eigenvalue weighted by Gasteiger charge is 2.47. The lowest BCUT2D eigenvalue weighted by Crippen LogP contribution is -2.36. The molecule has 18 heavy (non-hydrogen) atoms. The molecule has 1 unspecified atom stereocenters. The molecule has 0 bridgehead atoms. The minimum absolute atomic E-state index is 0.0202. The monoisotopic (exact) mass is 273 g/mol. The maximum Gasteiger partial charge on any atom is 0.311 e. The summed E-state index contributed by atoms with van der Waals surface area (Å²) < 4.78 is 25.6. The lowest BCUT2D eigenvalue weighted by atomic mass is 9.85. The van der Waals surface area contributed by atoms with Crippen molar-refractivity contribution in [2.75, 3.05) is 13.1 Å². The van der Waals surface area contributed by atoms with Gasteiger partial charge in [-0.1, -0.05) is 6.92 Å². The van der Waals surface area contributed by atoms with Crippen molar-refractivity contribution in [1.82, 2.24) is 14.5 Å². The summed E-state index contributed by atoms with van der Waals surface area (Å²) in [7, 11) is -3.63. The van der Waals surface area contributed by atoms with Gasteiger partial charge < -0.3 is 5.11 Å². The smallest absolute Gasteiger partial charge is 0.311 e. The molecule has 2 rings (SSSR count). The summed E-state index contributed by atoms with van der Waals surface area (Å²) >= 11 is 0. The zero-order valence-electron chi connectivity index (χ0n) is 9.96. The highest BCUT2D eigenvalue weighted by molar-refractivity contribution is 7.89. The standard InChI is InChI=1S/C10H15N3O4S/c1-2-10(9(14)15)3-4-13(7-10)18(16,17)8-5-11-12-6-8/h5-6H,2-4,7H2,1H3,(H,11,12)(H,14,15). The molecule has 1 saturated heterocycles. The van der Waals surface area contributed by atoms with Crippen LogP contribution < -0.4 is 0 Å². The number of carboxylic acids is 1. The fourth-order valence-electron chi connectivity index (χ4n) is 2.18. The number of aliphatic carboxylic acids is 1. The van der Waals surface area contributed by atoms with Gasteiger partial charge in [-0.15, -0.1) is 0 Å². The predicted octanol–water partition coefficient (Wildman–Crippen LogP) is 0.285. The third-order valence-corrected chi connectivity index (χ3v) is 5.37. The van der Waals surface area contributed by atoms with Gasteiger partial charge in [-0.2, -0.15) is 9.40 Å². The topological polar surface area (TPSA) is 103 Å². The van der Waals surface area contributed by atoms with Crippen LogP contribution in [0.2, 0.25) is 0 Å². The van der Waals surface area contributed by atoms with Gasteiger partial charge in [0.2, 0.25) is 10.0 Å². The molecule has 0 spiro atoms. The number of aromatic amines is 1. The van der Waals surface area contributed by atoms with Crippen LogP contribution in [0.25, 0.3) is 0 Å². The zero-order chi connectivity index (χ0) is 13.4. The number of sulfonamides is 1. The Morgan fingerprint density at radius 2 is 2.39 bits per heavy atom. The summed E-state index contributed by atoms with van der Waals surface area (Å²) in [5.41, 5.74) is -0.962. The molecule has 2 heterocycles. The van der Waals surface area contributed by atoms with Crippen LogP contribution in [-0.2, 0) is 14.8 Å². The number of nitrogens with zero attached hydrogens (tertiary/aromatic N) is 2. The highest BCUT2D eigenvalue weighted by Crippen LogP contribution is 2.36. The van der Waals surface area contributed by atoms with Gasteiger partial charge in [0, 0.05) is 19.3 Å². The summed E-state index contributed by atoms with van der Waals surface area (Å²) in [5, 5.41) is 15.3. The summed E-state index contributed by atoms with van der Waals surface area (Å²) in [6.07, 6.45) is 3.28. The third kappa shape index (κ3) is 1.91. The summed E-state index contributed by atoms with van der Waals surface area (Å²) in [5.74, 6) is -0.935. The fourth-order valence-corrected chi connectivity index (χ4v) is 3.62. The quantitative estimate of drug-likeness (QED) is 0.820. The van der Waals surface area contributed by atoms with E-state index in [1.54, 1.807) is 6.92 Å². The van der Waals surface area contributed by atoms with E-state index < -0.39 is 21.4 Å². The second kappa shape index (κ2) is 4.36. The van der Waals surface area contributed by atoms with Crippen molar-refractivity contribution in [2.45, 2.75) is 24.7 Å². The Balaban J connectivity index is 2.27. The van der Waals surface area contributed by atoms with Gasteiger partial charge in [0.05, 0.1) is 11.6 Å². The number of carbonyl (C=O) groups is 1. The van der Waals surface area contributed by atoms with Crippen molar-refractivity contribution < 1.29 is 18.3 Å². The fraction of sp³-hybridized carbons (Fsp3) is 0.600. The van der Waals surface area contributed by atoms with Gasteiger partial charge in [-0.05, 0) is 12.8 Å². The summed E-state index contributed by atoms with van der Waals surface area (Å²) in [4.78, 5) is 11.3. The van der Waals surface area contributed by atoms with Crippen LogP contribution in [0.3, 0.4) is 0 Å². The Labute approximate surface area is 105 Å². The summed E-state index contributed by atoms with van der Waals surface area (Å²) in [6, 6.07) is 0. The first-order chi connectivity index (χ1) is 8.42. The first kappa shape index (κ1) is 13.0. The van der Waals surface area contributed by atoms with Gasteiger partial charge in [-0.3, -0.25) is 9.89 Å². The number of hydrogen-bond acceptors (Lipinski definition) is 4. The molecule has 1 aromatic rings. The molecular formula is C10H15N3O4S. The Morgan fingerprint density at radius 3 is 2.83 bits per heavy atom. The van der Waals surface area contributed by atoms with E-state index in [1.807, 2.05) is 0 Å². The predicted molar refractivity (Wildman–Crippen MR) is 62.3 cm³/mol. The van der Waals surface area contributed by atoms with Crippen molar-refractivity contribution in [3.63, 3.8) is 0 Å². The van der Waals surface area contributed by atoms with Crippen LogP contribution in [0.5, 0.6) is 0 Å². The molecule has 1 aliphatic rings. The number of H-pyrrole nitrogens is 1. The average molecular weight is 273 g/mol. The molecule has 100 valence electrons. The van der Waals surface area contributed by atoms with Crippen molar-refractivity contribution in [1.29, 1.82) is 0 Å². The van der Waals surface area contributed by atoms with Gasteiger partial charge in [-0.25, -0.2) is 8.42 Å². The maximum atomic E-state index is 12.2. The molecule has 0 amide bonds. The lowest BCUT2D eigenvalue weighted by molar-refractivity contribution is -0.148. The highest BCUT2D eigenvalue weighted by atomic mass is 32.2. The van der Waals surface area contributed by atoms with Crippen molar-refractivity contribution in [3.8, 4) is 0 Å². The van der Waals surface area contributed by atoms with Crippen LogP contribution >= 0.6 is 0 Å². The maximum absolute atomic E-state index is 12.2. The van der Waals surface area contributed by atoms with Gasteiger partial charge in [0.1, 0.15) is 4.90 Å². The molecule has 2 N–H and O–H groups in total. The zero-order valence-corrected chi connectivity index (χ0v) is 10.8. The molecule has 1 fully saturated rings. The molecule has 0 aromatic carbocycles. The van der Waals surface area contributed by atoms with E-state index in [-0.39, 0.29) is 18.0 Å². The first-order valence-electron chi connectivity index (χ1n) is 5.65. The van der Waals surface area contributed by atoms with E-state index in [9.17, 15) is 18.3 Å². The average Bonchev–Trinajstić information content (AvgIpc) is 2.99. The Bertz CT molecular complexity index is 539. The number of hydrogen-bond donors (Lipinski definition) is 2. The van der Waals surface area contributed by atoms with Crippen LogP contribution in [0.4, 0.5) is 0 Å². The van der Waals surface area contributed by atoms with Crippen LogP contribution in [0, 0.1) is 5.41 Å². The van der Waals surface area contributed by atoms with Crippen molar-refractivity contribution >= 4 is 16.0 Å². The summed E-state index contributed by atoms with van der Waals surface area (Å²) in [6.45, 7) is 2.02. The SMILES string of the molecule is CCC1(C(=O)O)CCN(S(=O)(=O)c2cn[nH]c2)C1. The largest absolute Gasteiger partial charge is 0.481 e. The number of nitrogens with one attached hydrogen (secondary N) is 1. The Kier molecular flexibility index (Phi) is 3.16. The van der Waals surface area contributed by atoms with E-state index in [4.69, 9.17) is 0 Å². The molecule has 7 nitrogen and oxygen atoms in total. The molecule has 0 saturated carbocycles. The van der Waals surface area contributed by atoms with Gasteiger partial charge in [0.25, 0.3) is 0 Å². The molecule has 1 aliphatic heterocycles. The van der Waals surface area contributed by atoms with Crippen LogP contribution in [0.15, 0.2) is 17.3 Å². The number of rotatable bonds is 4.